The van der Waals surface area contributed by atoms with Gasteiger partial charge < -0.3 is 11.1 Å². The Hall–Kier alpha value is -1.31. The number of hydrogen-bond acceptors (Lipinski definition) is 4. The molecule has 1 aromatic rings. The summed E-state index contributed by atoms with van der Waals surface area (Å²) in [7, 11) is -3.16. The highest BCUT2D eigenvalue weighted by Crippen LogP contribution is 2.06. The number of hydrogen-bond donors (Lipinski definition) is 2. The average molecular weight is 350 g/mol. The van der Waals surface area contributed by atoms with E-state index >= 15 is 0 Å². The third kappa shape index (κ3) is 7.63. The number of amides is 1. The number of nitrogens with one attached hydrogen (secondary N) is 1. The molecular weight excluding hydrogens is 326 g/mol. The molecule has 0 aliphatic heterocycles. The smallest absolute Gasteiger partial charge is 0.224 e. The number of nitrogens with two attached hydrogens (primary N) is 1. The molecule has 0 unspecified atom stereocenters. The number of anilines is 1. The molecule has 0 spiro atoms. The van der Waals surface area contributed by atoms with Crippen LogP contribution in [0.1, 0.15) is 18.9 Å². The monoisotopic (exact) mass is 349 g/mol. The molecule has 0 aromatic heterocycles. The van der Waals surface area contributed by atoms with Crippen molar-refractivity contribution in [3.63, 3.8) is 0 Å². The van der Waals surface area contributed by atoms with Gasteiger partial charge in [-0.15, -0.1) is 12.4 Å². The molecule has 0 aliphatic rings. The van der Waals surface area contributed by atoms with Crippen molar-refractivity contribution in [1.82, 2.24) is 9.62 Å². The zero-order chi connectivity index (χ0) is 15.9. The van der Waals surface area contributed by atoms with Gasteiger partial charge in [0.25, 0.3) is 0 Å². The molecule has 0 radical (unpaired) electrons. The van der Waals surface area contributed by atoms with Gasteiger partial charge in [-0.1, -0.05) is 19.1 Å². The van der Waals surface area contributed by atoms with Gasteiger partial charge in [0.1, 0.15) is 0 Å². The van der Waals surface area contributed by atoms with E-state index in [1.165, 1.54) is 10.6 Å². The van der Waals surface area contributed by atoms with Crippen LogP contribution in [0.15, 0.2) is 24.3 Å². The number of benzene rings is 1. The van der Waals surface area contributed by atoms with Crippen LogP contribution in [-0.4, -0.2) is 44.5 Å². The lowest BCUT2D eigenvalue weighted by molar-refractivity contribution is -0.120. The third-order valence-electron chi connectivity index (χ3n) is 3.07. The lowest BCUT2D eigenvalue weighted by atomic mass is 10.1. The average Bonchev–Trinajstić information content (AvgIpc) is 2.40. The Bertz CT molecular complexity index is 561. The highest BCUT2D eigenvalue weighted by atomic mass is 35.5. The summed E-state index contributed by atoms with van der Waals surface area (Å²) in [6, 6.07) is 7.15. The summed E-state index contributed by atoms with van der Waals surface area (Å²) in [5.74, 6) is -0.0813. The van der Waals surface area contributed by atoms with Crippen LogP contribution in [0.2, 0.25) is 0 Å². The second kappa shape index (κ2) is 9.66. The van der Waals surface area contributed by atoms with Crippen molar-refractivity contribution < 1.29 is 13.2 Å². The molecule has 0 fully saturated rings. The van der Waals surface area contributed by atoms with Crippen molar-refractivity contribution in [2.45, 2.75) is 19.8 Å². The summed E-state index contributed by atoms with van der Waals surface area (Å²) < 4.78 is 24.2. The van der Waals surface area contributed by atoms with E-state index in [4.69, 9.17) is 5.73 Å². The third-order valence-corrected chi connectivity index (χ3v) is 4.45. The van der Waals surface area contributed by atoms with Crippen LogP contribution in [0.5, 0.6) is 0 Å². The minimum absolute atomic E-state index is 0. The van der Waals surface area contributed by atoms with Crippen LogP contribution < -0.4 is 11.1 Å². The van der Waals surface area contributed by atoms with Crippen LogP contribution in [-0.2, 0) is 21.2 Å². The number of carbonyl (C=O) groups excluding carboxylic acids is 1. The summed E-state index contributed by atoms with van der Waals surface area (Å²) >= 11 is 0. The quantitative estimate of drug-likeness (QED) is 0.541. The minimum Gasteiger partial charge on any atom is -0.399 e. The van der Waals surface area contributed by atoms with Crippen molar-refractivity contribution in [2.75, 3.05) is 31.6 Å². The fourth-order valence-corrected chi connectivity index (χ4v) is 2.85. The first kappa shape index (κ1) is 20.7. The molecule has 1 amide bonds. The fourth-order valence-electron chi connectivity index (χ4n) is 1.93. The number of nitrogen functional groups attached to an aromatic ring is 1. The predicted octanol–water partition coefficient (Wildman–Crippen LogP) is 1.02. The van der Waals surface area contributed by atoms with Gasteiger partial charge in [0.2, 0.25) is 15.9 Å². The molecule has 1 rings (SSSR count). The van der Waals surface area contributed by atoms with Crippen LogP contribution >= 0.6 is 12.4 Å². The van der Waals surface area contributed by atoms with E-state index in [1.807, 2.05) is 12.1 Å². The summed E-state index contributed by atoms with van der Waals surface area (Å²) in [6.07, 6.45) is 2.08. The van der Waals surface area contributed by atoms with E-state index in [0.29, 0.717) is 38.2 Å². The first-order valence-electron chi connectivity index (χ1n) is 6.89. The number of sulfonamides is 1. The number of halogens is 1. The van der Waals surface area contributed by atoms with E-state index in [1.54, 1.807) is 19.1 Å². The number of carbonyl (C=O) groups is 1. The lowest BCUT2D eigenvalue weighted by Crippen LogP contribution is -2.33. The molecular formula is C14H24ClN3O3S. The SMILES string of the molecule is CCN(CCCNC(=O)Cc1ccc(N)cc1)S(C)(=O)=O.Cl. The first-order valence-corrected chi connectivity index (χ1v) is 8.74. The first-order chi connectivity index (χ1) is 9.82. The standard InChI is InChI=1S/C14H23N3O3S.ClH/c1-3-17(21(2,19)20)10-4-9-16-14(18)11-12-5-7-13(15)8-6-12;/h5-8H,3-4,9-11,15H2,1-2H3,(H,16,18);1H. The summed E-state index contributed by atoms with van der Waals surface area (Å²) in [5.41, 5.74) is 7.14. The van der Waals surface area contributed by atoms with Crippen molar-refractivity contribution in [1.29, 1.82) is 0 Å². The van der Waals surface area contributed by atoms with Crippen LogP contribution in [0.3, 0.4) is 0 Å². The topological polar surface area (TPSA) is 92.5 Å². The van der Waals surface area contributed by atoms with Gasteiger partial charge in [-0.3, -0.25) is 4.79 Å². The molecule has 0 saturated carbocycles. The van der Waals surface area contributed by atoms with Crippen molar-refractivity contribution in [3.8, 4) is 0 Å². The maximum Gasteiger partial charge on any atom is 0.224 e. The Morgan fingerprint density at radius 2 is 1.86 bits per heavy atom. The molecule has 1 aromatic carbocycles. The summed E-state index contributed by atoms with van der Waals surface area (Å²) in [6.45, 7) is 3.11. The highest BCUT2D eigenvalue weighted by Gasteiger charge is 2.13. The molecule has 3 N–H and O–H groups in total. The fraction of sp³-hybridized carbons (Fsp3) is 0.500. The van der Waals surface area contributed by atoms with E-state index in [0.717, 1.165) is 5.56 Å². The van der Waals surface area contributed by atoms with Crippen LogP contribution in [0.25, 0.3) is 0 Å². The van der Waals surface area contributed by atoms with E-state index < -0.39 is 10.0 Å². The second-order valence-electron chi connectivity index (χ2n) is 4.88. The van der Waals surface area contributed by atoms with Gasteiger partial charge in [0.05, 0.1) is 12.7 Å². The Morgan fingerprint density at radius 1 is 1.27 bits per heavy atom. The maximum atomic E-state index is 11.7. The van der Waals surface area contributed by atoms with E-state index in [2.05, 4.69) is 5.32 Å². The van der Waals surface area contributed by atoms with Crippen LogP contribution in [0.4, 0.5) is 5.69 Å². The van der Waals surface area contributed by atoms with Crippen molar-refractivity contribution in [2.24, 2.45) is 0 Å². The zero-order valence-corrected chi connectivity index (χ0v) is 14.5. The highest BCUT2D eigenvalue weighted by molar-refractivity contribution is 7.88. The number of rotatable bonds is 8. The van der Waals surface area contributed by atoms with Crippen molar-refractivity contribution >= 4 is 34.0 Å². The molecule has 0 saturated heterocycles. The molecule has 126 valence electrons. The van der Waals surface area contributed by atoms with Gasteiger partial charge in [0.15, 0.2) is 0 Å². The Labute approximate surface area is 138 Å². The Kier molecular flexibility index (Phi) is 9.08. The predicted molar refractivity (Wildman–Crippen MR) is 91.5 cm³/mol. The summed E-state index contributed by atoms with van der Waals surface area (Å²) in [4.78, 5) is 11.7. The van der Waals surface area contributed by atoms with Gasteiger partial charge in [-0.2, -0.15) is 0 Å². The molecule has 0 aliphatic carbocycles. The molecule has 0 heterocycles. The number of nitrogens with zero attached hydrogens (tertiary/aromatic N) is 1. The molecule has 8 heteroatoms. The Morgan fingerprint density at radius 3 is 2.36 bits per heavy atom. The van der Waals surface area contributed by atoms with Gasteiger partial charge in [0, 0.05) is 25.3 Å². The molecule has 0 bridgehead atoms. The summed E-state index contributed by atoms with van der Waals surface area (Å²) in [5, 5.41) is 2.78. The van der Waals surface area contributed by atoms with Crippen molar-refractivity contribution in [3.05, 3.63) is 29.8 Å². The molecule has 6 nitrogen and oxygen atoms in total. The van der Waals surface area contributed by atoms with E-state index in [-0.39, 0.29) is 18.3 Å². The molecule has 22 heavy (non-hydrogen) atoms. The Balaban J connectivity index is 0.00000441. The largest absolute Gasteiger partial charge is 0.399 e. The second-order valence-corrected chi connectivity index (χ2v) is 6.86. The molecule has 0 atom stereocenters. The lowest BCUT2D eigenvalue weighted by Gasteiger charge is -2.17. The van der Waals surface area contributed by atoms with Gasteiger partial charge in [-0.25, -0.2) is 12.7 Å². The van der Waals surface area contributed by atoms with E-state index in [9.17, 15) is 13.2 Å². The minimum atomic E-state index is -3.16. The normalized spacial score (nSPS) is 11.0. The maximum absolute atomic E-state index is 11.7. The van der Waals surface area contributed by atoms with Gasteiger partial charge >= 0.3 is 0 Å². The van der Waals surface area contributed by atoms with Crippen LogP contribution in [0, 0.1) is 0 Å². The zero-order valence-electron chi connectivity index (χ0n) is 12.9. The van der Waals surface area contributed by atoms with Gasteiger partial charge in [-0.05, 0) is 24.1 Å².